The molecule has 1 heterocycles. The molecule has 14 heavy (non-hydrogen) atoms. The van der Waals surface area contributed by atoms with Crippen molar-refractivity contribution in [3.63, 3.8) is 0 Å². The number of aryl methyl sites for hydroxylation is 1. The summed E-state index contributed by atoms with van der Waals surface area (Å²) >= 11 is 0. The Morgan fingerprint density at radius 1 is 1.71 bits per heavy atom. The summed E-state index contributed by atoms with van der Waals surface area (Å²) < 4.78 is 5.02. The molecule has 0 bridgehead atoms. The van der Waals surface area contributed by atoms with Crippen LogP contribution in [0.3, 0.4) is 0 Å². The summed E-state index contributed by atoms with van der Waals surface area (Å²) in [6.07, 6.45) is 1.50. The zero-order chi connectivity index (χ0) is 9.84. The number of rotatable bonds is 3. The highest BCUT2D eigenvalue weighted by molar-refractivity contribution is 5.92. The standard InChI is InChI=1S/C9H14N2O2.ClH/c1-6-3-4-13-8(6)9(12)11-7(2)5-10;/h3-4,7H,5,10H2,1-2H3,(H,11,12);1H/t7-;/m0./s1. The molecule has 4 nitrogen and oxygen atoms in total. The second kappa shape index (κ2) is 5.67. The molecule has 3 N–H and O–H groups in total. The van der Waals surface area contributed by atoms with E-state index in [-0.39, 0.29) is 24.4 Å². The molecule has 80 valence electrons. The van der Waals surface area contributed by atoms with Gasteiger partial charge in [0, 0.05) is 18.2 Å². The monoisotopic (exact) mass is 218 g/mol. The number of amides is 1. The molecule has 0 spiro atoms. The first-order valence-corrected chi connectivity index (χ1v) is 4.20. The molecule has 0 aromatic carbocycles. The van der Waals surface area contributed by atoms with Gasteiger partial charge in [-0.2, -0.15) is 0 Å². The van der Waals surface area contributed by atoms with E-state index in [4.69, 9.17) is 10.2 Å². The van der Waals surface area contributed by atoms with Crippen LogP contribution in [0, 0.1) is 6.92 Å². The largest absolute Gasteiger partial charge is 0.459 e. The number of nitrogens with two attached hydrogens (primary N) is 1. The van der Waals surface area contributed by atoms with Crippen LogP contribution in [0.25, 0.3) is 0 Å². The van der Waals surface area contributed by atoms with Gasteiger partial charge >= 0.3 is 0 Å². The van der Waals surface area contributed by atoms with Crippen molar-refractivity contribution in [1.82, 2.24) is 5.32 Å². The molecule has 0 fully saturated rings. The summed E-state index contributed by atoms with van der Waals surface area (Å²) in [5.41, 5.74) is 6.20. The molecule has 5 heteroatoms. The van der Waals surface area contributed by atoms with Crippen molar-refractivity contribution in [3.05, 3.63) is 23.7 Å². The van der Waals surface area contributed by atoms with Crippen molar-refractivity contribution in [3.8, 4) is 0 Å². The maximum atomic E-state index is 11.4. The Kier molecular flexibility index (Phi) is 5.27. The lowest BCUT2D eigenvalue weighted by Crippen LogP contribution is -2.37. The van der Waals surface area contributed by atoms with Crippen LogP contribution < -0.4 is 11.1 Å². The number of halogens is 1. The Morgan fingerprint density at radius 3 is 2.79 bits per heavy atom. The maximum absolute atomic E-state index is 11.4. The van der Waals surface area contributed by atoms with Gasteiger partial charge in [-0.05, 0) is 19.9 Å². The van der Waals surface area contributed by atoms with Gasteiger partial charge in [0.25, 0.3) is 5.91 Å². The van der Waals surface area contributed by atoms with Crippen LogP contribution in [0.2, 0.25) is 0 Å². The van der Waals surface area contributed by atoms with Crippen LogP contribution >= 0.6 is 12.4 Å². The summed E-state index contributed by atoms with van der Waals surface area (Å²) in [5.74, 6) is 0.153. The van der Waals surface area contributed by atoms with Crippen LogP contribution in [0.5, 0.6) is 0 Å². The minimum absolute atomic E-state index is 0. The van der Waals surface area contributed by atoms with E-state index in [2.05, 4.69) is 5.32 Å². The van der Waals surface area contributed by atoms with Crippen LogP contribution in [0.1, 0.15) is 23.0 Å². The summed E-state index contributed by atoms with van der Waals surface area (Å²) in [6.45, 7) is 4.09. The van der Waals surface area contributed by atoms with Crippen molar-refractivity contribution < 1.29 is 9.21 Å². The molecule has 0 aliphatic heterocycles. The molecular formula is C9H15ClN2O2. The van der Waals surface area contributed by atoms with Crippen molar-refractivity contribution in [2.45, 2.75) is 19.9 Å². The highest BCUT2D eigenvalue weighted by atomic mass is 35.5. The second-order valence-corrected chi connectivity index (χ2v) is 3.04. The molecule has 1 rings (SSSR count). The molecule has 0 saturated heterocycles. The number of carbonyl (C=O) groups is 1. The van der Waals surface area contributed by atoms with E-state index in [0.717, 1.165) is 5.56 Å². The number of carbonyl (C=O) groups excluding carboxylic acids is 1. The zero-order valence-electron chi connectivity index (χ0n) is 8.24. The van der Waals surface area contributed by atoms with Gasteiger partial charge in [-0.3, -0.25) is 4.79 Å². The van der Waals surface area contributed by atoms with Gasteiger partial charge in [-0.1, -0.05) is 0 Å². The minimum atomic E-state index is -0.208. The first-order valence-electron chi connectivity index (χ1n) is 4.20. The third-order valence-corrected chi connectivity index (χ3v) is 1.80. The Morgan fingerprint density at radius 2 is 2.36 bits per heavy atom. The number of nitrogens with one attached hydrogen (secondary N) is 1. The Balaban J connectivity index is 0.00000169. The first-order chi connectivity index (χ1) is 6.15. The average Bonchev–Trinajstić information content (AvgIpc) is 2.51. The second-order valence-electron chi connectivity index (χ2n) is 3.04. The SMILES string of the molecule is Cc1ccoc1C(=O)N[C@@H](C)CN.Cl. The predicted octanol–water partition coefficient (Wildman–Crippen LogP) is 1.09. The lowest BCUT2D eigenvalue weighted by atomic mass is 10.2. The summed E-state index contributed by atoms with van der Waals surface area (Å²) in [5, 5.41) is 2.72. The average molecular weight is 219 g/mol. The van der Waals surface area contributed by atoms with Crippen molar-refractivity contribution in [1.29, 1.82) is 0 Å². The molecular weight excluding hydrogens is 204 g/mol. The fourth-order valence-corrected chi connectivity index (χ4v) is 0.954. The molecule has 1 aromatic rings. The van der Waals surface area contributed by atoms with Crippen LogP contribution in [-0.4, -0.2) is 18.5 Å². The highest BCUT2D eigenvalue weighted by Crippen LogP contribution is 2.08. The molecule has 0 aliphatic rings. The van der Waals surface area contributed by atoms with E-state index in [0.29, 0.717) is 12.3 Å². The molecule has 1 atom stereocenters. The summed E-state index contributed by atoms with van der Waals surface area (Å²) in [4.78, 5) is 11.4. The molecule has 1 aromatic heterocycles. The smallest absolute Gasteiger partial charge is 0.287 e. The topological polar surface area (TPSA) is 68.3 Å². The van der Waals surface area contributed by atoms with E-state index in [1.165, 1.54) is 6.26 Å². The fraction of sp³-hybridized carbons (Fsp3) is 0.444. The highest BCUT2D eigenvalue weighted by Gasteiger charge is 2.13. The number of hydrogen-bond acceptors (Lipinski definition) is 3. The van der Waals surface area contributed by atoms with E-state index in [1.54, 1.807) is 6.07 Å². The van der Waals surface area contributed by atoms with Crippen LogP contribution in [0.15, 0.2) is 16.7 Å². The van der Waals surface area contributed by atoms with Crippen molar-refractivity contribution >= 4 is 18.3 Å². The van der Waals surface area contributed by atoms with Crippen molar-refractivity contribution in [2.24, 2.45) is 5.73 Å². The molecule has 0 saturated carbocycles. The van der Waals surface area contributed by atoms with E-state index in [9.17, 15) is 4.79 Å². The van der Waals surface area contributed by atoms with Crippen LogP contribution in [0.4, 0.5) is 0 Å². The van der Waals surface area contributed by atoms with Gasteiger partial charge in [0.1, 0.15) is 0 Å². The summed E-state index contributed by atoms with van der Waals surface area (Å²) in [7, 11) is 0. The first kappa shape index (κ1) is 13.0. The van der Waals surface area contributed by atoms with E-state index in [1.807, 2.05) is 13.8 Å². The van der Waals surface area contributed by atoms with Gasteiger partial charge in [-0.25, -0.2) is 0 Å². The minimum Gasteiger partial charge on any atom is -0.459 e. The van der Waals surface area contributed by atoms with Gasteiger partial charge in [-0.15, -0.1) is 12.4 Å². The maximum Gasteiger partial charge on any atom is 0.287 e. The number of furan rings is 1. The van der Waals surface area contributed by atoms with Gasteiger partial charge < -0.3 is 15.5 Å². The van der Waals surface area contributed by atoms with Gasteiger partial charge in [0.05, 0.1) is 6.26 Å². The summed E-state index contributed by atoms with van der Waals surface area (Å²) in [6, 6.07) is 1.72. The zero-order valence-corrected chi connectivity index (χ0v) is 9.06. The van der Waals surface area contributed by atoms with Gasteiger partial charge in [0.15, 0.2) is 5.76 Å². The molecule has 1 amide bonds. The molecule has 0 unspecified atom stereocenters. The third-order valence-electron chi connectivity index (χ3n) is 1.80. The molecule has 0 aliphatic carbocycles. The third kappa shape index (κ3) is 3.05. The fourth-order valence-electron chi connectivity index (χ4n) is 0.954. The Labute approximate surface area is 89.3 Å². The lowest BCUT2D eigenvalue weighted by molar-refractivity contribution is 0.0912. The van der Waals surface area contributed by atoms with Gasteiger partial charge in [0.2, 0.25) is 0 Å². The van der Waals surface area contributed by atoms with Crippen LogP contribution in [-0.2, 0) is 0 Å². The van der Waals surface area contributed by atoms with E-state index >= 15 is 0 Å². The lowest BCUT2D eigenvalue weighted by Gasteiger charge is -2.09. The van der Waals surface area contributed by atoms with E-state index < -0.39 is 0 Å². The quantitative estimate of drug-likeness (QED) is 0.798. The Hall–Kier alpha value is -1.00. The normalized spacial score (nSPS) is 11.6. The molecule has 0 radical (unpaired) electrons. The predicted molar refractivity (Wildman–Crippen MR) is 56.7 cm³/mol. The van der Waals surface area contributed by atoms with Crippen molar-refractivity contribution in [2.75, 3.05) is 6.54 Å². The number of hydrogen-bond donors (Lipinski definition) is 2. The Bertz CT molecular complexity index is 299.